The Balaban J connectivity index is 1.42. The predicted octanol–water partition coefficient (Wildman–Crippen LogP) is 8.44. The first-order chi connectivity index (χ1) is 15.6. The summed E-state index contributed by atoms with van der Waals surface area (Å²) in [6, 6.07) is 12.5. The molecule has 0 radical (unpaired) electrons. The zero-order valence-electron chi connectivity index (χ0n) is 19.2. The molecule has 0 bridgehead atoms. The summed E-state index contributed by atoms with van der Waals surface area (Å²) in [5.41, 5.74) is 1.96. The van der Waals surface area contributed by atoms with Crippen LogP contribution in [-0.2, 0) is 6.61 Å². The topological polar surface area (TPSA) is 33.0 Å². The third-order valence-corrected chi connectivity index (χ3v) is 6.83. The van der Waals surface area contributed by atoms with Crippen molar-refractivity contribution < 1.29 is 13.5 Å². The van der Waals surface area contributed by atoms with Crippen molar-refractivity contribution in [3.63, 3.8) is 0 Å². The molecule has 2 nitrogen and oxygen atoms in total. The average molecular weight is 440 g/mol. The van der Waals surface area contributed by atoms with E-state index in [0.717, 1.165) is 11.5 Å². The molecule has 2 aromatic rings. The number of rotatable bonds is 11. The highest BCUT2D eigenvalue weighted by Crippen LogP contribution is 2.38. The van der Waals surface area contributed by atoms with Gasteiger partial charge in [-0.3, -0.25) is 0 Å². The molecule has 0 atom stereocenters. The van der Waals surface area contributed by atoms with Crippen LogP contribution >= 0.6 is 0 Å². The summed E-state index contributed by atoms with van der Waals surface area (Å²) in [6.45, 7) is 2.42. The largest absolute Gasteiger partial charge is 0.486 e. The molecule has 0 spiro atoms. The van der Waals surface area contributed by atoms with Gasteiger partial charge >= 0.3 is 0 Å². The minimum absolute atomic E-state index is 0.160. The molecular weight excluding hydrogens is 404 g/mol. The minimum atomic E-state index is -1.16. The lowest BCUT2D eigenvalue weighted by molar-refractivity contribution is 0.284. The number of ether oxygens (including phenoxy) is 1. The predicted molar refractivity (Wildman–Crippen MR) is 125 cm³/mol. The molecule has 0 unspecified atom stereocenters. The van der Waals surface area contributed by atoms with E-state index in [9.17, 15) is 8.78 Å². The first-order valence-electron chi connectivity index (χ1n) is 12.2. The molecule has 0 amide bonds. The van der Waals surface area contributed by atoms with Gasteiger partial charge in [-0.25, -0.2) is 4.39 Å². The molecule has 172 valence electrons. The number of nitrogens with zero attached hydrogens (tertiary/aromatic N) is 1. The van der Waals surface area contributed by atoms with Crippen LogP contribution in [0.5, 0.6) is 5.75 Å². The lowest BCUT2D eigenvalue weighted by Gasteiger charge is -2.29. The summed E-state index contributed by atoms with van der Waals surface area (Å²) in [5.74, 6) is -0.927. The first-order valence-corrected chi connectivity index (χ1v) is 12.2. The van der Waals surface area contributed by atoms with Gasteiger partial charge in [0.1, 0.15) is 12.7 Å². The van der Waals surface area contributed by atoms with Gasteiger partial charge in [0.25, 0.3) is 0 Å². The van der Waals surface area contributed by atoms with E-state index in [1.54, 1.807) is 6.07 Å². The highest BCUT2D eigenvalue weighted by Gasteiger charge is 2.22. The van der Waals surface area contributed by atoms with Crippen LogP contribution in [0.1, 0.15) is 100 Å². The third kappa shape index (κ3) is 6.79. The van der Waals surface area contributed by atoms with E-state index in [0.29, 0.717) is 5.92 Å². The van der Waals surface area contributed by atoms with E-state index in [1.807, 2.05) is 12.1 Å². The van der Waals surface area contributed by atoms with Crippen molar-refractivity contribution in [1.82, 2.24) is 0 Å². The summed E-state index contributed by atoms with van der Waals surface area (Å²) in [4.78, 5) is 0. The van der Waals surface area contributed by atoms with Gasteiger partial charge in [0.2, 0.25) is 5.82 Å². The van der Waals surface area contributed by atoms with E-state index >= 15 is 0 Å². The van der Waals surface area contributed by atoms with Crippen molar-refractivity contribution in [2.24, 2.45) is 5.92 Å². The molecule has 1 saturated carbocycles. The highest BCUT2D eigenvalue weighted by atomic mass is 19.2. The second-order valence-corrected chi connectivity index (χ2v) is 9.16. The van der Waals surface area contributed by atoms with E-state index in [-0.39, 0.29) is 17.9 Å². The van der Waals surface area contributed by atoms with Crippen LogP contribution in [0.15, 0.2) is 36.4 Å². The SMILES string of the molecule is CCCCCCCCC1CCC(c2ccc(COc3ccc(C#N)c(F)c3F)cc2)CC1. The van der Waals surface area contributed by atoms with Gasteiger partial charge in [0.05, 0.1) is 5.56 Å². The number of nitriles is 1. The molecule has 4 heteroatoms. The Morgan fingerprint density at radius 2 is 1.56 bits per heavy atom. The van der Waals surface area contributed by atoms with Crippen molar-refractivity contribution >= 4 is 0 Å². The van der Waals surface area contributed by atoms with Crippen LogP contribution in [0.3, 0.4) is 0 Å². The minimum Gasteiger partial charge on any atom is -0.486 e. The summed E-state index contributed by atoms with van der Waals surface area (Å²) in [5, 5.41) is 8.77. The Morgan fingerprint density at radius 1 is 0.875 bits per heavy atom. The standard InChI is InChI=1S/C28H35F2NO/c1-2-3-4-5-6-7-8-21-9-13-23(14-10-21)24-15-11-22(12-16-24)20-32-26-18-17-25(19-31)27(29)28(26)30/h11-12,15-18,21,23H,2-10,13-14,20H2,1H3. The molecular formula is C28H35F2NO. The Hall–Kier alpha value is -2.41. The maximum atomic E-state index is 14.0. The van der Waals surface area contributed by atoms with E-state index in [4.69, 9.17) is 10.00 Å². The zero-order chi connectivity index (χ0) is 22.8. The van der Waals surface area contributed by atoms with Crippen molar-refractivity contribution in [3.05, 3.63) is 64.7 Å². The number of hydrogen-bond acceptors (Lipinski definition) is 2. The Morgan fingerprint density at radius 3 is 2.25 bits per heavy atom. The Kier molecular flexibility index (Phi) is 9.53. The van der Waals surface area contributed by atoms with Crippen molar-refractivity contribution in [1.29, 1.82) is 5.26 Å². The van der Waals surface area contributed by atoms with Gasteiger partial charge in [-0.05, 0) is 60.8 Å². The molecule has 32 heavy (non-hydrogen) atoms. The van der Waals surface area contributed by atoms with Crippen LogP contribution in [0.2, 0.25) is 0 Å². The summed E-state index contributed by atoms with van der Waals surface area (Å²) in [6.07, 6.45) is 14.8. The molecule has 0 aromatic heterocycles. The summed E-state index contributed by atoms with van der Waals surface area (Å²) in [7, 11) is 0. The fourth-order valence-electron chi connectivity index (χ4n) is 4.77. The molecule has 0 aliphatic heterocycles. The fraction of sp³-hybridized carbons (Fsp3) is 0.536. The van der Waals surface area contributed by atoms with Gasteiger partial charge in [0, 0.05) is 0 Å². The average Bonchev–Trinajstić information content (AvgIpc) is 2.83. The van der Waals surface area contributed by atoms with Gasteiger partial charge in [-0.1, -0.05) is 76.1 Å². The quantitative estimate of drug-likeness (QED) is 0.329. The number of benzene rings is 2. The molecule has 0 heterocycles. The molecule has 2 aromatic carbocycles. The van der Waals surface area contributed by atoms with E-state index in [2.05, 4.69) is 19.1 Å². The Labute approximate surface area is 191 Å². The fourth-order valence-corrected chi connectivity index (χ4v) is 4.77. The summed E-state index contributed by atoms with van der Waals surface area (Å²) >= 11 is 0. The zero-order valence-corrected chi connectivity index (χ0v) is 19.2. The Bertz CT molecular complexity index is 880. The van der Waals surface area contributed by atoms with Crippen LogP contribution < -0.4 is 4.74 Å². The van der Waals surface area contributed by atoms with Crippen molar-refractivity contribution in [2.75, 3.05) is 0 Å². The van der Waals surface area contributed by atoms with Gasteiger partial charge < -0.3 is 4.74 Å². The van der Waals surface area contributed by atoms with Crippen molar-refractivity contribution in [2.45, 2.75) is 90.1 Å². The number of unbranched alkanes of at least 4 members (excludes halogenated alkanes) is 5. The second-order valence-electron chi connectivity index (χ2n) is 9.16. The molecule has 0 N–H and O–H groups in total. The molecule has 1 aliphatic rings. The normalized spacial score (nSPS) is 18.3. The first kappa shape index (κ1) is 24.2. The van der Waals surface area contributed by atoms with Gasteiger partial charge in [-0.2, -0.15) is 9.65 Å². The second kappa shape index (κ2) is 12.6. The van der Waals surface area contributed by atoms with Crippen LogP contribution in [0.4, 0.5) is 8.78 Å². The smallest absolute Gasteiger partial charge is 0.202 e. The highest BCUT2D eigenvalue weighted by molar-refractivity contribution is 5.38. The van der Waals surface area contributed by atoms with E-state index in [1.165, 1.54) is 88.3 Å². The van der Waals surface area contributed by atoms with Crippen LogP contribution in [0.25, 0.3) is 0 Å². The van der Waals surface area contributed by atoms with Crippen LogP contribution in [-0.4, -0.2) is 0 Å². The molecule has 1 fully saturated rings. The van der Waals surface area contributed by atoms with Crippen LogP contribution in [0, 0.1) is 28.9 Å². The van der Waals surface area contributed by atoms with Crippen molar-refractivity contribution in [3.8, 4) is 11.8 Å². The van der Waals surface area contributed by atoms with Gasteiger partial charge in [-0.15, -0.1) is 0 Å². The lowest BCUT2D eigenvalue weighted by atomic mass is 9.77. The van der Waals surface area contributed by atoms with Gasteiger partial charge in [0.15, 0.2) is 11.6 Å². The maximum Gasteiger partial charge on any atom is 0.202 e. The third-order valence-electron chi connectivity index (χ3n) is 6.83. The molecule has 0 saturated heterocycles. The lowest BCUT2D eigenvalue weighted by Crippen LogP contribution is -2.13. The van der Waals surface area contributed by atoms with E-state index < -0.39 is 11.6 Å². The molecule has 1 aliphatic carbocycles. The monoisotopic (exact) mass is 439 g/mol. The molecule has 3 rings (SSSR count). The number of halogens is 2. The summed E-state index contributed by atoms with van der Waals surface area (Å²) < 4.78 is 33.2. The maximum absolute atomic E-state index is 14.0. The number of hydrogen-bond donors (Lipinski definition) is 0.